The molecule has 2 amide bonds. The lowest BCUT2D eigenvalue weighted by atomic mass is 10.1. The van der Waals surface area contributed by atoms with E-state index >= 15 is 0 Å². The monoisotopic (exact) mass is 344 g/mol. The summed E-state index contributed by atoms with van der Waals surface area (Å²) >= 11 is 5.79. The van der Waals surface area contributed by atoms with Crippen molar-refractivity contribution in [2.45, 2.75) is 6.92 Å². The Morgan fingerprint density at radius 2 is 1.86 bits per heavy atom. The van der Waals surface area contributed by atoms with Crippen LogP contribution >= 0.6 is 11.6 Å². The number of sulfonamides is 1. The summed E-state index contributed by atoms with van der Waals surface area (Å²) in [5, 5.41) is 1.61. The van der Waals surface area contributed by atoms with Crippen molar-refractivity contribution in [1.82, 2.24) is 9.62 Å². The smallest absolute Gasteiger partial charge is 0.331 e. The average Bonchev–Trinajstić information content (AvgIpc) is 2.47. The summed E-state index contributed by atoms with van der Waals surface area (Å²) in [7, 11) is -3.86. The van der Waals surface area contributed by atoms with Crippen molar-refractivity contribution in [3.8, 4) is 0 Å². The molecule has 0 atom stereocenters. The molecule has 6 nitrogen and oxygen atoms in total. The number of hydrogen-bond acceptors (Lipinski definition) is 4. The number of hydrogen-bond donors (Lipinski definition) is 1. The predicted molar refractivity (Wildman–Crippen MR) is 84.9 cm³/mol. The lowest BCUT2D eigenvalue weighted by molar-refractivity contribution is 0.0545. The molecule has 0 unspecified atom stereocenters. The Bertz CT molecular complexity index is 665. The van der Waals surface area contributed by atoms with E-state index in [0.29, 0.717) is 42.5 Å². The molecule has 1 saturated heterocycles. The van der Waals surface area contributed by atoms with E-state index in [0.717, 1.165) is 5.41 Å². The van der Waals surface area contributed by atoms with Gasteiger partial charge in [0, 0.05) is 18.1 Å². The number of amides is 2. The molecule has 0 aliphatic carbocycles. The maximum Gasteiger partial charge on any atom is 0.331 e. The quantitative estimate of drug-likeness (QED) is 0.910. The third kappa shape index (κ3) is 4.72. The number of carbonyl (C=O) groups is 1. The fourth-order valence-corrected chi connectivity index (χ4v) is 3.15. The number of morpholine rings is 1. The van der Waals surface area contributed by atoms with Crippen molar-refractivity contribution in [2.75, 3.05) is 26.3 Å². The molecular formula is C14H17ClN2O4S. The summed E-state index contributed by atoms with van der Waals surface area (Å²) in [6.07, 6.45) is 0. The minimum Gasteiger partial charge on any atom is -0.378 e. The summed E-state index contributed by atoms with van der Waals surface area (Å²) < 4.78 is 31.2. The van der Waals surface area contributed by atoms with Gasteiger partial charge in [-0.15, -0.1) is 0 Å². The number of urea groups is 1. The van der Waals surface area contributed by atoms with Crippen LogP contribution in [0.2, 0.25) is 5.02 Å². The molecule has 1 aromatic rings. The van der Waals surface area contributed by atoms with Gasteiger partial charge in [-0.3, -0.25) is 0 Å². The van der Waals surface area contributed by atoms with Crippen molar-refractivity contribution in [3.05, 3.63) is 40.3 Å². The van der Waals surface area contributed by atoms with E-state index in [1.807, 2.05) is 4.72 Å². The molecule has 1 fully saturated rings. The number of ether oxygens (including phenoxy) is 1. The molecule has 1 aliphatic rings. The molecule has 0 saturated carbocycles. The molecule has 1 aliphatic heterocycles. The van der Waals surface area contributed by atoms with Gasteiger partial charge in [-0.25, -0.2) is 17.9 Å². The second-order valence-electron chi connectivity index (χ2n) is 4.86. The van der Waals surface area contributed by atoms with Crippen LogP contribution in [0.3, 0.4) is 0 Å². The van der Waals surface area contributed by atoms with Gasteiger partial charge in [-0.1, -0.05) is 23.7 Å². The van der Waals surface area contributed by atoms with Gasteiger partial charge >= 0.3 is 6.03 Å². The standard InChI is InChI=1S/C14H17ClN2O4S/c1-11(12-2-4-13(15)5-3-12)10-22(19,20)16-14(18)17-6-8-21-9-7-17/h2-5,10H,6-9H2,1H3,(H,16,18). The van der Waals surface area contributed by atoms with Gasteiger partial charge in [0.15, 0.2) is 0 Å². The SMILES string of the molecule is CC(=CS(=O)(=O)NC(=O)N1CCOCC1)c1ccc(Cl)cc1. The van der Waals surface area contributed by atoms with Crippen LogP contribution in [0, 0.1) is 0 Å². The van der Waals surface area contributed by atoms with Crippen LogP contribution in [-0.2, 0) is 14.8 Å². The van der Waals surface area contributed by atoms with Crippen molar-refractivity contribution in [2.24, 2.45) is 0 Å². The van der Waals surface area contributed by atoms with Gasteiger partial charge in [0.2, 0.25) is 0 Å². The van der Waals surface area contributed by atoms with E-state index in [-0.39, 0.29) is 0 Å². The number of carbonyl (C=O) groups excluding carboxylic acids is 1. The normalized spacial score (nSPS) is 16.5. The Kier molecular flexibility index (Phi) is 5.44. The van der Waals surface area contributed by atoms with Crippen LogP contribution < -0.4 is 4.72 Å². The average molecular weight is 345 g/mol. The van der Waals surface area contributed by atoms with E-state index in [2.05, 4.69) is 0 Å². The number of allylic oxidation sites excluding steroid dienone is 1. The Morgan fingerprint density at radius 3 is 2.45 bits per heavy atom. The van der Waals surface area contributed by atoms with Crippen LogP contribution in [0.1, 0.15) is 12.5 Å². The molecule has 0 spiro atoms. The van der Waals surface area contributed by atoms with Crippen molar-refractivity contribution < 1.29 is 17.9 Å². The number of halogens is 1. The van der Waals surface area contributed by atoms with E-state index in [4.69, 9.17) is 16.3 Å². The van der Waals surface area contributed by atoms with E-state index in [1.54, 1.807) is 31.2 Å². The first-order valence-corrected chi connectivity index (χ1v) is 8.63. The zero-order valence-corrected chi connectivity index (χ0v) is 13.7. The third-order valence-corrected chi connectivity index (χ3v) is 4.53. The Labute approximate surface area is 134 Å². The van der Waals surface area contributed by atoms with Crippen LogP contribution in [0.25, 0.3) is 5.57 Å². The van der Waals surface area contributed by atoms with Gasteiger partial charge < -0.3 is 9.64 Å². The molecule has 8 heteroatoms. The molecule has 2 rings (SSSR count). The number of nitrogens with zero attached hydrogens (tertiary/aromatic N) is 1. The Balaban J connectivity index is 2.07. The van der Waals surface area contributed by atoms with Gasteiger partial charge in [-0.05, 0) is 30.2 Å². The highest BCUT2D eigenvalue weighted by Gasteiger charge is 2.20. The van der Waals surface area contributed by atoms with Crippen molar-refractivity contribution in [1.29, 1.82) is 0 Å². The van der Waals surface area contributed by atoms with Gasteiger partial charge in [0.05, 0.1) is 18.6 Å². The van der Waals surface area contributed by atoms with Gasteiger partial charge in [0.25, 0.3) is 10.0 Å². The summed E-state index contributed by atoms with van der Waals surface area (Å²) in [4.78, 5) is 13.3. The Hall–Kier alpha value is -1.57. The summed E-state index contributed by atoms with van der Waals surface area (Å²) in [6.45, 7) is 3.23. The lowest BCUT2D eigenvalue weighted by Crippen LogP contribution is -2.47. The topological polar surface area (TPSA) is 75.7 Å². The van der Waals surface area contributed by atoms with Crippen LogP contribution in [0.4, 0.5) is 4.79 Å². The molecule has 1 aromatic carbocycles. The van der Waals surface area contributed by atoms with E-state index in [9.17, 15) is 13.2 Å². The molecule has 22 heavy (non-hydrogen) atoms. The molecule has 120 valence electrons. The van der Waals surface area contributed by atoms with Crippen LogP contribution in [0.5, 0.6) is 0 Å². The maximum absolute atomic E-state index is 12.0. The van der Waals surface area contributed by atoms with Gasteiger partial charge in [-0.2, -0.15) is 0 Å². The van der Waals surface area contributed by atoms with Crippen molar-refractivity contribution in [3.63, 3.8) is 0 Å². The number of rotatable bonds is 3. The highest BCUT2D eigenvalue weighted by molar-refractivity contribution is 7.93. The summed E-state index contributed by atoms with van der Waals surface area (Å²) in [6, 6.07) is 6.14. The zero-order valence-electron chi connectivity index (χ0n) is 12.1. The first kappa shape index (κ1) is 16.8. The fraction of sp³-hybridized carbons (Fsp3) is 0.357. The van der Waals surface area contributed by atoms with E-state index < -0.39 is 16.1 Å². The highest BCUT2D eigenvalue weighted by atomic mass is 35.5. The highest BCUT2D eigenvalue weighted by Crippen LogP contribution is 2.18. The molecular weight excluding hydrogens is 328 g/mol. The molecule has 1 heterocycles. The fourth-order valence-electron chi connectivity index (χ4n) is 2.00. The van der Waals surface area contributed by atoms with Crippen molar-refractivity contribution >= 4 is 33.2 Å². The minimum absolute atomic E-state index is 0.376. The van der Waals surface area contributed by atoms with Crippen LogP contribution in [-0.4, -0.2) is 45.7 Å². The summed E-state index contributed by atoms with van der Waals surface area (Å²) in [5.41, 5.74) is 1.23. The molecule has 1 N–H and O–H groups in total. The van der Waals surface area contributed by atoms with Gasteiger partial charge in [0.1, 0.15) is 0 Å². The molecule has 0 radical (unpaired) electrons. The first-order valence-electron chi connectivity index (χ1n) is 6.71. The minimum atomic E-state index is -3.86. The second-order valence-corrected chi connectivity index (χ2v) is 6.83. The lowest BCUT2D eigenvalue weighted by Gasteiger charge is -2.26. The summed E-state index contributed by atoms with van der Waals surface area (Å²) in [5.74, 6) is 0. The van der Waals surface area contributed by atoms with E-state index in [1.165, 1.54) is 4.90 Å². The molecule has 0 bridgehead atoms. The largest absolute Gasteiger partial charge is 0.378 e. The first-order chi connectivity index (χ1) is 10.4. The number of benzene rings is 1. The number of nitrogens with one attached hydrogen (secondary N) is 1. The Morgan fingerprint density at radius 1 is 1.27 bits per heavy atom. The zero-order chi connectivity index (χ0) is 16.2. The van der Waals surface area contributed by atoms with Crippen LogP contribution in [0.15, 0.2) is 29.7 Å². The third-order valence-electron chi connectivity index (χ3n) is 3.16. The maximum atomic E-state index is 12.0. The predicted octanol–water partition coefficient (Wildman–Crippen LogP) is 2.07. The second kappa shape index (κ2) is 7.13. The molecule has 0 aromatic heterocycles.